The number of nitrogen functional groups attached to an aromatic ring is 1. The summed E-state index contributed by atoms with van der Waals surface area (Å²) < 4.78 is 1.20. The van der Waals surface area contributed by atoms with Crippen molar-refractivity contribution in [2.24, 2.45) is 5.73 Å². The summed E-state index contributed by atoms with van der Waals surface area (Å²) in [6.45, 7) is 1.98. The molecule has 0 aliphatic heterocycles. The van der Waals surface area contributed by atoms with E-state index in [1.165, 1.54) is 4.68 Å². The molecule has 0 saturated carbocycles. The van der Waals surface area contributed by atoms with E-state index < -0.39 is 6.04 Å². The van der Waals surface area contributed by atoms with Crippen LogP contribution < -0.4 is 11.5 Å². The Balaban J connectivity index is 2.29. The molecule has 1 heterocycles. The molecule has 1 atom stereocenters. The summed E-state index contributed by atoms with van der Waals surface area (Å²) in [6, 6.07) is 10.7. The number of nitrogens with two attached hydrogens (primary N) is 2. The molecule has 4 N–H and O–H groups in total. The number of nitrogens with zero attached hydrogens (tertiary/aromatic N) is 2. The molecule has 5 nitrogen and oxygen atoms in total. The van der Waals surface area contributed by atoms with Crippen LogP contribution in [-0.4, -0.2) is 21.7 Å². The smallest absolute Gasteiger partial charge is 0.265 e. The van der Waals surface area contributed by atoms with Gasteiger partial charge < -0.3 is 11.5 Å². The molecule has 0 bridgehead atoms. The van der Waals surface area contributed by atoms with Crippen LogP contribution in [0.1, 0.15) is 24.6 Å². The molecular formula is C14H18N4O. The highest BCUT2D eigenvalue weighted by atomic mass is 16.2. The molecule has 0 aliphatic carbocycles. The third kappa shape index (κ3) is 2.82. The third-order valence-corrected chi connectivity index (χ3v) is 2.93. The van der Waals surface area contributed by atoms with Gasteiger partial charge in [-0.1, -0.05) is 43.7 Å². The standard InChI is InChI=1S/C14H18N4O/c1-2-6-11(15)14(19)18-13(16)9-12(17-18)10-7-4-3-5-8-10/h3-5,7-9,11H,2,6,15-16H2,1H3. The van der Waals surface area contributed by atoms with Crippen LogP contribution in [0.4, 0.5) is 5.82 Å². The van der Waals surface area contributed by atoms with E-state index in [1.807, 2.05) is 37.3 Å². The topological polar surface area (TPSA) is 86.9 Å². The van der Waals surface area contributed by atoms with Gasteiger partial charge in [0.2, 0.25) is 0 Å². The van der Waals surface area contributed by atoms with Gasteiger partial charge in [-0.05, 0) is 6.42 Å². The van der Waals surface area contributed by atoms with Gasteiger partial charge >= 0.3 is 0 Å². The van der Waals surface area contributed by atoms with Crippen molar-refractivity contribution in [3.63, 3.8) is 0 Å². The van der Waals surface area contributed by atoms with Crippen LogP contribution >= 0.6 is 0 Å². The van der Waals surface area contributed by atoms with Crippen LogP contribution in [0.3, 0.4) is 0 Å². The van der Waals surface area contributed by atoms with Crippen molar-refractivity contribution in [2.45, 2.75) is 25.8 Å². The molecule has 0 saturated heterocycles. The van der Waals surface area contributed by atoms with Gasteiger partial charge in [-0.3, -0.25) is 4.79 Å². The Morgan fingerprint density at radius 1 is 1.37 bits per heavy atom. The van der Waals surface area contributed by atoms with Crippen LogP contribution in [0.25, 0.3) is 11.3 Å². The number of carbonyl (C=O) groups excluding carboxylic acids is 1. The summed E-state index contributed by atoms with van der Waals surface area (Å²) >= 11 is 0. The summed E-state index contributed by atoms with van der Waals surface area (Å²) in [4.78, 5) is 12.1. The van der Waals surface area contributed by atoms with E-state index in [4.69, 9.17) is 11.5 Å². The maximum Gasteiger partial charge on any atom is 0.265 e. The summed E-state index contributed by atoms with van der Waals surface area (Å²) in [5, 5.41) is 4.25. The maximum absolute atomic E-state index is 12.1. The predicted octanol–water partition coefficient (Wildman–Crippen LogP) is 1.90. The van der Waals surface area contributed by atoms with Gasteiger partial charge in [-0.2, -0.15) is 9.78 Å². The number of anilines is 1. The highest BCUT2D eigenvalue weighted by molar-refractivity contribution is 5.86. The van der Waals surface area contributed by atoms with Crippen LogP contribution in [0.15, 0.2) is 36.4 Å². The number of hydrogen-bond donors (Lipinski definition) is 2. The Morgan fingerprint density at radius 3 is 2.68 bits per heavy atom. The lowest BCUT2D eigenvalue weighted by atomic mass is 10.1. The van der Waals surface area contributed by atoms with E-state index in [0.717, 1.165) is 12.0 Å². The highest BCUT2D eigenvalue weighted by Crippen LogP contribution is 2.20. The fourth-order valence-electron chi connectivity index (χ4n) is 1.91. The molecule has 2 aromatic rings. The van der Waals surface area contributed by atoms with E-state index in [1.54, 1.807) is 6.07 Å². The highest BCUT2D eigenvalue weighted by Gasteiger charge is 2.19. The Labute approximate surface area is 112 Å². The summed E-state index contributed by atoms with van der Waals surface area (Å²) in [7, 11) is 0. The first-order valence-corrected chi connectivity index (χ1v) is 6.34. The second-order valence-electron chi connectivity index (χ2n) is 4.47. The Kier molecular flexibility index (Phi) is 3.97. The Bertz CT molecular complexity index is 562. The molecule has 1 unspecified atom stereocenters. The molecule has 0 fully saturated rings. The van der Waals surface area contributed by atoms with Gasteiger partial charge in [-0.25, -0.2) is 0 Å². The molecule has 0 aliphatic rings. The molecular weight excluding hydrogens is 240 g/mol. The minimum absolute atomic E-state index is 0.262. The fourth-order valence-corrected chi connectivity index (χ4v) is 1.91. The van der Waals surface area contributed by atoms with E-state index in [9.17, 15) is 4.79 Å². The van der Waals surface area contributed by atoms with E-state index in [0.29, 0.717) is 17.9 Å². The number of carbonyl (C=O) groups is 1. The lowest BCUT2D eigenvalue weighted by molar-refractivity contribution is 0.0862. The molecule has 19 heavy (non-hydrogen) atoms. The lowest BCUT2D eigenvalue weighted by Gasteiger charge is -2.09. The second kappa shape index (κ2) is 5.67. The normalized spacial score (nSPS) is 12.3. The first-order valence-electron chi connectivity index (χ1n) is 6.34. The second-order valence-corrected chi connectivity index (χ2v) is 4.47. The Morgan fingerprint density at radius 2 is 2.05 bits per heavy atom. The van der Waals surface area contributed by atoms with Crippen molar-refractivity contribution < 1.29 is 4.79 Å². The average molecular weight is 258 g/mol. The zero-order valence-corrected chi connectivity index (χ0v) is 10.9. The maximum atomic E-state index is 12.1. The SMILES string of the molecule is CCCC(N)C(=O)n1nc(-c2ccccc2)cc1N. The van der Waals surface area contributed by atoms with Gasteiger partial charge in [0, 0.05) is 11.6 Å². The quantitative estimate of drug-likeness (QED) is 0.876. The molecule has 5 heteroatoms. The van der Waals surface area contributed by atoms with Crippen molar-refractivity contribution in [2.75, 3.05) is 5.73 Å². The van der Waals surface area contributed by atoms with Crippen LogP contribution in [0.5, 0.6) is 0 Å². The fraction of sp³-hybridized carbons (Fsp3) is 0.286. The lowest BCUT2D eigenvalue weighted by Crippen LogP contribution is -2.35. The molecule has 0 amide bonds. The largest absolute Gasteiger partial charge is 0.383 e. The summed E-state index contributed by atoms with van der Waals surface area (Å²) in [5.41, 5.74) is 13.2. The van der Waals surface area contributed by atoms with Crippen LogP contribution in [0, 0.1) is 0 Å². The van der Waals surface area contributed by atoms with Crippen molar-refractivity contribution in [1.29, 1.82) is 0 Å². The van der Waals surface area contributed by atoms with E-state index in [2.05, 4.69) is 5.10 Å². The zero-order chi connectivity index (χ0) is 13.8. The minimum Gasteiger partial charge on any atom is -0.383 e. The number of rotatable bonds is 4. The number of aromatic nitrogens is 2. The first-order chi connectivity index (χ1) is 9.13. The summed E-state index contributed by atoms with van der Waals surface area (Å²) in [6.07, 6.45) is 1.47. The molecule has 0 radical (unpaired) electrons. The molecule has 100 valence electrons. The van der Waals surface area contributed by atoms with Gasteiger partial charge in [0.1, 0.15) is 5.82 Å². The van der Waals surface area contributed by atoms with Crippen molar-refractivity contribution >= 4 is 11.7 Å². The molecule has 0 spiro atoms. The Hall–Kier alpha value is -2.14. The van der Waals surface area contributed by atoms with E-state index in [-0.39, 0.29) is 5.91 Å². The molecule has 2 rings (SSSR count). The van der Waals surface area contributed by atoms with Crippen molar-refractivity contribution in [3.8, 4) is 11.3 Å². The first kappa shape index (κ1) is 13.3. The third-order valence-electron chi connectivity index (χ3n) is 2.93. The number of benzene rings is 1. The minimum atomic E-state index is -0.559. The predicted molar refractivity (Wildman–Crippen MR) is 75.6 cm³/mol. The average Bonchev–Trinajstić information content (AvgIpc) is 2.81. The van der Waals surface area contributed by atoms with Gasteiger partial charge in [0.25, 0.3) is 5.91 Å². The van der Waals surface area contributed by atoms with Crippen LogP contribution in [-0.2, 0) is 0 Å². The van der Waals surface area contributed by atoms with Crippen LogP contribution in [0.2, 0.25) is 0 Å². The van der Waals surface area contributed by atoms with Crippen molar-refractivity contribution in [3.05, 3.63) is 36.4 Å². The van der Waals surface area contributed by atoms with E-state index >= 15 is 0 Å². The zero-order valence-electron chi connectivity index (χ0n) is 10.9. The monoisotopic (exact) mass is 258 g/mol. The summed E-state index contributed by atoms with van der Waals surface area (Å²) in [5.74, 6) is 0.0527. The molecule has 1 aromatic heterocycles. The van der Waals surface area contributed by atoms with Gasteiger partial charge in [0.05, 0.1) is 11.7 Å². The van der Waals surface area contributed by atoms with Gasteiger partial charge in [-0.15, -0.1) is 0 Å². The van der Waals surface area contributed by atoms with Crippen molar-refractivity contribution in [1.82, 2.24) is 9.78 Å². The molecule has 1 aromatic carbocycles. The number of hydrogen-bond acceptors (Lipinski definition) is 4. The van der Waals surface area contributed by atoms with Gasteiger partial charge in [0.15, 0.2) is 0 Å².